The maximum absolute atomic E-state index is 5.60. The fourth-order valence-corrected chi connectivity index (χ4v) is 5.28. The predicted octanol–water partition coefficient (Wildman–Crippen LogP) is 5.04. The third kappa shape index (κ3) is 3.17. The lowest BCUT2D eigenvalue weighted by Gasteiger charge is -2.45. The Kier molecular flexibility index (Phi) is 4.51. The monoisotopic (exact) mass is 264 g/mol. The highest BCUT2D eigenvalue weighted by Crippen LogP contribution is 2.48. The molecule has 19 heavy (non-hydrogen) atoms. The van der Waals surface area contributed by atoms with Crippen LogP contribution in [0.4, 0.5) is 0 Å². The first-order valence-corrected chi connectivity index (χ1v) is 8.79. The second-order valence-corrected chi connectivity index (χ2v) is 7.78. The number of methoxy groups -OCH3 is 1. The molecule has 0 aliphatic heterocycles. The van der Waals surface area contributed by atoms with Crippen molar-refractivity contribution in [3.05, 3.63) is 0 Å². The molecule has 1 heteroatoms. The normalized spacial score (nSPS) is 47.7. The Labute approximate surface area is 119 Å². The van der Waals surface area contributed by atoms with E-state index in [1.54, 1.807) is 6.42 Å². The van der Waals surface area contributed by atoms with E-state index in [4.69, 9.17) is 4.74 Å². The molecule has 3 saturated carbocycles. The van der Waals surface area contributed by atoms with Gasteiger partial charge in [0.15, 0.2) is 0 Å². The van der Waals surface area contributed by atoms with E-state index in [0.717, 1.165) is 29.6 Å². The smallest absolute Gasteiger partial charge is 0.0574 e. The molecule has 3 rings (SSSR count). The zero-order valence-corrected chi connectivity index (χ0v) is 12.9. The predicted molar refractivity (Wildman–Crippen MR) is 80.1 cm³/mol. The van der Waals surface area contributed by atoms with E-state index in [-0.39, 0.29) is 0 Å². The zero-order chi connectivity index (χ0) is 13.2. The largest absolute Gasteiger partial charge is 0.381 e. The quantitative estimate of drug-likeness (QED) is 0.678. The Morgan fingerprint density at radius 2 is 1.16 bits per heavy atom. The minimum Gasteiger partial charge on any atom is -0.381 e. The molecule has 110 valence electrons. The van der Waals surface area contributed by atoms with Crippen molar-refractivity contribution in [2.75, 3.05) is 7.11 Å². The number of rotatable bonds is 2. The van der Waals surface area contributed by atoms with Crippen molar-refractivity contribution < 1.29 is 4.74 Å². The molecule has 3 aliphatic rings. The molecule has 0 radical (unpaired) electrons. The summed E-state index contributed by atoms with van der Waals surface area (Å²) in [6, 6.07) is 0. The van der Waals surface area contributed by atoms with Crippen LogP contribution < -0.4 is 0 Å². The number of fused-ring (bicyclic) bond motifs is 1. The van der Waals surface area contributed by atoms with Gasteiger partial charge in [-0.2, -0.15) is 0 Å². The van der Waals surface area contributed by atoms with E-state index >= 15 is 0 Å². The summed E-state index contributed by atoms with van der Waals surface area (Å²) in [6.45, 7) is 2.44. The molecule has 0 aromatic heterocycles. The Morgan fingerprint density at radius 1 is 0.632 bits per heavy atom. The molecule has 0 N–H and O–H groups in total. The Hall–Kier alpha value is -0.0400. The highest BCUT2D eigenvalue weighted by Gasteiger charge is 2.38. The molecule has 3 aliphatic carbocycles. The first-order valence-electron chi connectivity index (χ1n) is 8.79. The highest BCUT2D eigenvalue weighted by atomic mass is 16.5. The summed E-state index contributed by atoms with van der Waals surface area (Å²) in [5, 5.41) is 0. The summed E-state index contributed by atoms with van der Waals surface area (Å²) in [7, 11) is 1.90. The van der Waals surface area contributed by atoms with Crippen LogP contribution in [0.1, 0.15) is 71.1 Å². The Morgan fingerprint density at radius 3 is 1.84 bits per heavy atom. The Bertz CT molecular complexity index is 279. The zero-order valence-electron chi connectivity index (χ0n) is 12.9. The second kappa shape index (κ2) is 6.16. The third-order valence-electron chi connectivity index (χ3n) is 6.67. The van der Waals surface area contributed by atoms with E-state index in [1.165, 1.54) is 57.8 Å². The van der Waals surface area contributed by atoms with Gasteiger partial charge in [0.1, 0.15) is 0 Å². The van der Waals surface area contributed by atoms with E-state index in [9.17, 15) is 0 Å². The summed E-state index contributed by atoms with van der Waals surface area (Å²) >= 11 is 0. The van der Waals surface area contributed by atoms with Crippen LogP contribution in [-0.4, -0.2) is 13.2 Å². The van der Waals surface area contributed by atoms with Gasteiger partial charge in [-0.25, -0.2) is 0 Å². The van der Waals surface area contributed by atoms with Crippen molar-refractivity contribution in [2.45, 2.75) is 77.2 Å². The first kappa shape index (κ1) is 13.9. The molecule has 0 aromatic rings. The number of hydrogen-bond acceptors (Lipinski definition) is 1. The molecule has 1 nitrogen and oxygen atoms in total. The van der Waals surface area contributed by atoms with Crippen molar-refractivity contribution in [3.8, 4) is 0 Å². The van der Waals surface area contributed by atoms with Crippen molar-refractivity contribution >= 4 is 0 Å². The summed E-state index contributed by atoms with van der Waals surface area (Å²) < 4.78 is 5.60. The SMILES string of the molecule is COC1CCC2CC(C3CCC(C)CC3)CCC2C1. The van der Waals surface area contributed by atoms with Crippen LogP contribution in [0.2, 0.25) is 0 Å². The van der Waals surface area contributed by atoms with Crippen molar-refractivity contribution in [2.24, 2.45) is 29.6 Å². The van der Waals surface area contributed by atoms with E-state index in [1.807, 2.05) is 7.11 Å². The maximum atomic E-state index is 5.60. The van der Waals surface area contributed by atoms with Crippen LogP contribution in [0.15, 0.2) is 0 Å². The molecular weight excluding hydrogens is 232 g/mol. The first-order chi connectivity index (χ1) is 9.26. The van der Waals surface area contributed by atoms with Crippen LogP contribution in [0, 0.1) is 29.6 Å². The van der Waals surface area contributed by atoms with Gasteiger partial charge in [-0.15, -0.1) is 0 Å². The fourth-order valence-electron chi connectivity index (χ4n) is 5.28. The molecule has 0 aromatic carbocycles. The number of ether oxygens (including phenoxy) is 1. The van der Waals surface area contributed by atoms with Crippen molar-refractivity contribution in [1.29, 1.82) is 0 Å². The highest BCUT2D eigenvalue weighted by molar-refractivity contribution is 4.89. The summed E-state index contributed by atoms with van der Waals surface area (Å²) in [5.74, 6) is 5.21. The van der Waals surface area contributed by atoms with E-state index < -0.39 is 0 Å². The van der Waals surface area contributed by atoms with Crippen molar-refractivity contribution in [3.63, 3.8) is 0 Å². The molecule has 0 heterocycles. The summed E-state index contributed by atoms with van der Waals surface area (Å²) in [4.78, 5) is 0. The van der Waals surface area contributed by atoms with Gasteiger partial charge >= 0.3 is 0 Å². The molecule has 0 amide bonds. The average Bonchev–Trinajstić information content (AvgIpc) is 2.47. The number of hydrogen-bond donors (Lipinski definition) is 0. The minimum absolute atomic E-state index is 0.577. The van der Waals surface area contributed by atoms with E-state index in [2.05, 4.69) is 6.92 Å². The van der Waals surface area contributed by atoms with Gasteiger partial charge in [0.05, 0.1) is 6.10 Å². The molecule has 4 atom stereocenters. The second-order valence-electron chi connectivity index (χ2n) is 7.78. The van der Waals surface area contributed by atoms with E-state index in [0.29, 0.717) is 6.10 Å². The lowest BCUT2D eigenvalue weighted by atomic mass is 9.62. The lowest BCUT2D eigenvalue weighted by molar-refractivity contribution is -0.00339. The summed E-state index contributed by atoms with van der Waals surface area (Å²) in [6.07, 6.45) is 15.4. The van der Waals surface area contributed by atoms with Gasteiger partial charge in [-0.05, 0) is 81.0 Å². The summed E-state index contributed by atoms with van der Waals surface area (Å²) in [5.41, 5.74) is 0. The van der Waals surface area contributed by atoms with Gasteiger partial charge in [0, 0.05) is 7.11 Å². The molecule has 0 saturated heterocycles. The van der Waals surface area contributed by atoms with Crippen LogP contribution in [-0.2, 0) is 4.74 Å². The van der Waals surface area contributed by atoms with Crippen LogP contribution in [0.3, 0.4) is 0 Å². The fraction of sp³-hybridized carbons (Fsp3) is 1.00. The molecular formula is C18H32O. The molecule has 3 fully saturated rings. The molecule has 0 spiro atoms. The Balaban J connectivity index is 1.52. The average molecular weight is 264 g/mol. The van der Waals surface area contributed by atoms with Crippen molar-refractivity contribution in [1.82, 2.24) is 0 Å². The topological polar surface area (TPSA) is 9.23 Å². The molecule has 0 bridgehead atoms. The van der Waals surface area contributed by atoms with Crippen LogP contribution >= 0.6 is 0 Å². The third-order valence-corrected chi connectivity index (χ3v) is 6.67. The minimum atomic E-state index is 0.577. The van der Waals surface area contributed by atoms with Gasteiger partial charge in [-0.3, -0.25) is 0 Å². The van der Waals surface area contributed by atoms with Gasteiger partial charge < -0.3 is 4.74 Å². The van der Waals surface area contributed by atoms with Gasteiger partial charge in [0.2, 0.25) is 0 Å². The van der Waals surface area contributed by atoms with Gasteiger partial charge in [-0.1, -0.05) is 19.8 Å². The van der Waals surface area contributed by atoms with Crippen LogP contribution in [0.5, 0.6) is 0 Å². The van der Waals surface area contributed by atoms with Gasteiger partial charge in [0.25, 0.3) is 0 Å². The lowest BCUT2D eigenvalue weighted by Crippen LogP contribution is -2.36. The molecule has 4 unspecified atom stereocenters. The van der Waals surface area contributed by atoms with Crippen LogP contribution in [0.25, 0.3) is 0 Å². The maximum Gasteiger partial charge on any atom is 0.0574 e. The standard InChI is InChI=1S/C18H32O/c1-13-3-5-14(6-4-13)15-7-8-17-12-18(19-2)10-9-16(17)11-15/h13-18H,3-12H2,1-2H3.